The molecule has 2 aromatic rings. The number of hydrogen-bond donors (Lipinski definition) is 2. The first-order valence-electron chi connectivity index (χ1n) is 6.48. The second-order valence-electron chi connectivity index (χ2n) is 5.23. The van der Waals surface area contributed by atoms with Crippen LogP contribution in [0.2, 0.25) is 0 Å². The summed E-state index contributed by atoms with van der Waals surface area (Å²) in [5, 5.41) is 14.9. The molecule has 1 aromatic carbocycles. The number of ether oxygens (including phenoxy) is 1. The van der Waals surface area contributed by atoms with E-state index in [0.29, 0.717) is 17.4 Å². The van der Waals surface area contributed by atoms with Gasteiger partial charge < -0.3 is 15.2 Å². The van der Waals surface area contributed by atoms with E-state index in [4.69, 9.17) is 4.74 Å². The van der Waals surface area contributed by atoms with E-state index in [2.05, 4.69) is 10.3 Å². The maximum absolute atomic E-state index is 11.2. The molecule has 0 unspecified atom stereocenters. The van der Waals surface area contributed by atoms with Crippen molar-refractivity contribution in [2.45, 2.75) is 25.9 Å². The molecule has 0 aliphatic carbocycles. The number of thiazole rings is 1. The summed E-state index contributed by atoms with van der Waals surface area (Å²) < 4.78 is 5.10. The molecule has 2 N–H and O–H groups in total. The number of carbonyl (C=O) groups is 1. The van der Waals surface area contributed by atoms with Gasteiger partial charge in [-0.2, -0.15) is 0 Å². The van der Waals surface area contributed by atoms with Crippen molar-refractivity contribution in [3.63, 3.8) is 0 Å². The van der Waals surface area contributed by atoms with E-state index in [1.54, 1.807) is 26.3 Å². The second-order valence-corrected chi connectivity index (χ2v) is 6.08. The number of aromatic nitrogens is 1. The van der Waals surface area contributed by atoms with Gasteiger partial charge in [0.1, 0.15) is 5.41 Å². The molecule has 0 radical (unpaired) electrons. The fourth-order valence-electron chi connectivity index (χ4n) is 1.76. The number of benzene rings is 1. The molecule has 0 atom stereocenters. The normalized spacial score (nSPS) is 11.4. The minimum Gasteiger partial charge on any atom is -0.481 e. The predicted molar refractivity (Wildman–Crippen MR) is 83.2 cm³/mol. The summed E-state index contributed by atoms with van der Waals surface area (Å²) in [6.45, 7) is 3.84. The molecule has 2 rings (SSSR count). The van der Waals surface area contributed by atoms with Crippen LogP contribution in [0.25, 0.3) is 0 Å². The van der Waals surface area contributed by atoms with E-state index in [1.807, 2.05) is 24.3 Å². The van der Waals surface area contributed by atoms with Crippen molar-refractivity contribution in [2.24, 2.45) is 0 Å². The molecule has 0 saturated heterocycles. The zero-order valence-electron chi connectivity index (χ0n) is 12.2. The number of anilines is 2. The van der Waals surface area contributed by atoms with Gasteiger partial charge in [0, 0.05) is 18.2 Å². The van der Waals surface area contributed by atoms with Crippen LogP contribution in [-0.2, 0) is 21.6 Å². The lowest BCUT2D eigenvalue weighted by molar-refractivity contribution is -0.142. The lowest BCUT2D eigenvalue weighted by Crippen LogP contribution is -2.28. The van der Waals surface area contributed by atoms with E-state index in [9.17, 15) is 9.90 Å². The molecule has 0 fully saturated rings. The van der Waals surface area contributed by atoms with Crippen LogP contribution in [0.4, 0.5) is 10.8 Å². The van der Waals surface area contributed by atoms with E-state index in [0.717, 1.165) is 11.3 Å². The van der Waals surface area contributed by atoms with Crippen LogP contribution < -0.4 is 5.32 Å². The highest BCUT2D eigenvalue weighted by molar-refractivity contribution is 7.13. The Bertz CT molecular complexity index is 637. The number of nitrogens with zero attached hydrogens (tertiary/aromatic N) is 1. The zero-order valence-corrected chi connectivity index (χ0v) is 13.0. The first kappa shape index (κ1) is 15.5. The summed E-state index contributed by atoms with van der Waals surface area (Å²) >= 11 is 1.39. The minimum atomic E-state index is -0.992. The maximum Gasteiger partial charge on any atom is 0.315 e. The molecule has 0 spiro atoms. The third kappa shape index (κ3) is 3.59. The lowest BCUT2D eigenvalue weighted by Gasteiger charge is -2.15. The molecule has 0 aliphatic heterocycles. The number of nitrogens with one attached hydrogen (secondary N) is 1. The van der Waals surface area contributed by atoms with Gasteiger partial charge >= 0.3 is 5.97 Å². The van der Waals surface area contributed by atoms with Crippen LogP contribution in [0, 0.1) is 0 Å². The number of rotatable bonds is 6. The van der Waals surface area contributed by atoms with Crippen LogP contribution in [0.15, 0.2) is 29.6 Å². The molecule has 1 aromatic heterocycles. The predicted octanol–water partition coefficient (Wildman–Crippen LogP) is 3.40. The molecule has 21 heavy (non-hydrogen) atoms. The highest BCUT2D eigenvalue weighted by Crippen LogP contribution is 2.29. The Hall–Kier alpha value is -1.92. The third-order valence-corrected chi connectivity index (χ3v) is 3.93. The van der Waals surface area contributed by atoms with E-state index in [1.165, 1.54) is 11.3 Å². The molecular weight excluding hydrogens is 288 g/mol. The summed E-state index contributed by atoms with van der Waals surface area (Å²) in [6.07, 6.45) is 0. The fourth-order valence-corrected chi connectivity index (χ4v) is 2.66. The van der Waals surface area contributed by atoms with Crippen molar-refractivity contribution in [1.29, 1.82) is 0 Å². The summed E-state index contributed by atoms with van der Waals surface area (Å²) in [4.78, 5) is 15.6. The molecule has 0 aliphatic rings. The molecule has 0 bridgehead atoms. The van der Waals surface area contributed by atoms with Crippen molar-refractivity contribution >= 4 is 28.1 Å². The molecule has 0 saturated carbocycles. The molecule has 0 amide bonds. The van der Waals surface area contributed by atoms with Gasteiger partial charge in [-0.05, 0) is 31.5 Å². The molecule has 1 heterocycles. The molecule has 5 nitrogen and oxygen atoms in total. The number of carboxylic acids is 1. The largest absolute Gasteiger partial charge is 0.481 e. The first-order chi connectivity index (χ1) is 9.93. The van der Waals surface area contributed by atoms with Crippen LogP contribution in [0.1, 0.15) is 25.1 Å². The molecule has 6 heteroatoms. The summed E-state index contributed by atoms with van der Waals surface area (Å²) in [7, 11) is 1.65. The summed E-state index contributed by atoms with van der Waals surface area (Å²) in [5.41, 5.74) is 1.52. The molecule has 112 valence electrons. The van der Waals surface area contributed by atoms with E-state index < -0.39 is 11.4 Å². The monoisotopic (exact) mass is 306 g/mol. The van der Waals surface area contributed by atoms with E-state index in [-0.39, 0.29) is 0 Å². The Morgan fingerprint density at radius 1 is 1.48 bits per heavy atom. The topological polar surface area (TPSA) is 71.5 Å². The Balaban J connectivity index is 2.16. The van der Waals surface area contributed by atoms with Gasteiger partial charge in [0.2, 0.25) is 0 Å². The van der Waals surface area contributed by atoms with Crippen LogP contribution >= 0.6 is 11.3 Å². The fraction of sp³-hybridized carbons (Fsp3) is 0.333. The standard InChI is InChI=1S/C15H18N2O3S/c1-15(2,13(18)19)12-9-21-14(17-12)16-11-6-4-5-10(7-11)8-20-3/h4-7,9H,8H2,1-3H3,(H,16,17)(H,18,19). The van der Waals surface area contributed by atoms with Gasteiger partial charge in [0.05, 0.1) is 12.3 Å². The van der Waals surface area contributed by atoms with Crippen molar-refractivity contribution in [3.05, 3.63) is 40.9 Å². The van der Waals surface area contributed by atoms with Gasteiger partial charge in [-0.3, -0.25) is 4.79 Å². The molecular formula is C15H18N2O3S. The highest BCUT2D eigenvalue weighted by atomic mass is 32.1. The third-order valence-electron chi connectivity index (χ3n) is 3.17. The van der Waals surface area contributed by atoms with Crippen molar-refractivity contribution < 1.29 is 14.6 Å². The van der Waals surface area contributed by atoms with E-state index >= 15 is 0 Å². The Kier molecular flexibility index (Phi) is 4.59. The Labute approximate surface area is 127 Å². The van der Waals surface area contributed by atoms with Gasteiger partial charge in [-0.25, -0.2) is 4.98 Å². The highest BCUT2D eigenvalue weighted by Gasteiger charge is 2.32. The maximum atomic E-state index is 11.2. The second kappa shape index (κ2) is 6.24. The number of hydrogen-bond acceptors (Lipinski definition) is 5. The lowest BCUT2D eigenvalue weighted by atomic mass is 9.90. The first-order valence-corrected chi connectivity index (χ1v) is 7.35. The Morgan fingerprint density at radius 3 is 2.90 bits per heavy atom. The quantitative estimate of drug-likeness (QED) is 0.856. The van der Waals surface area contributed by atoms with Gasteiger partial charge in [0.15, 0.2) is 5.13 Å². The van der Waals surface area contributed by atoms with Crippen molar-refractivity contribution in [2.75, 3.05) is 12.4 Å². The number of carboxylic acid groups (broad SMARTS) is 1. The van der Waals surface area contributed by atoms with Gasteiger partial charge in [-0.15, -0.1) is 11.3 Å². The van der Waals surface area contributed by atoms with Gasteiger partial charge in [-0.1, -0.05) is 12.1 Å². The zero-order chi connectivity index (χ0) is 15.5. The summed E-state index contributed by atoms with van der Waals surface area (Å²) in [6, 6.07) is 7.83. The van der Waals surface area contributed by atoms with Gasteiger partial charge in [0.25, 0.3) is 0 Å². The summed E-state index contributed by atoms with van der Waals surface area (Å²) in [5.74, 6) is -0.888. The van der Waals surface area contributed by atoms with Crippen molar-refractivity contribution in [3.8, 4) is 0 Å². The van der Waals surface area contributed by atoms with Crippen LogP contribution in [0.5, 0.6) is 0 Å². The van der Waals surface area contributed by atoms with Crippen molar-refractivity contribution in [1.82, 2.24) is 4.98 Å². The van der Waals surface area contributed by atoms with Crippen LogP contribution in [-0.4, -0.2) is 23.2 Å². The average molecular weight is 306 g/mol. The Morgan fingerprint density at radius 2 is 2.24 bits per heavy atom. The minimum absolute atomic E-state index is 0.546. The average Bonchev–Trinajstić information content (AvgIpc) is 2.88. The SMILES string of the molecule is COCc1cccc(Nc2nc(C(C)(C)C(=O)O)cs2)c1. The van der Waals surface area contributed by atoms with Crippen LogP contribution in [0.3, 0.4) is 0 Å². The smallest absolute Gasteiger partial charge is 0.315 e. The number of aliphatic carboxylic acids is 1. The number of methoxy groups -OCH3 is 1.